The van der Waals surface area contributed by atoms with Gasteiger partial charge in [0, 0.05) is 5.56 Å². The summed E-state index contributed by atoms with van der Waals surface area (Å²) in [5.74, 6) is 1.31. The third-order valence-corrected chi connectivity index (χ3v) is 4.17. The molecule has 1 unspecified atom stereocenters. The van der Waals surface area contributed by atoms with Gasteiger partial charge in [-0.2, -0.15) is 0 Å². The summed E-state index contributed by atoms with van der Waals surface area (Å²) < 4.78 is 10.6. The molecule has 0 aliphatic heterocycles. The van der Waals surface area contributed by atoms with Crippen molar-refractivity contribution in [1.29, 1.82) is 0 Å². The summed E-state index contributed by atoms with van der Waals surface area (Å²) in [7, 11) is 1.65. The van der Waals surface area contributed by atoms with Crippen LogP contribution in [0.5, 0.6) is 5.75 Å². The van der Waals surface area contributed by atoms with Gasteiger partial charge in [-0.25, -0.2) is 0 Å². The lowest BCUT2D eigenvalue weighted by atomic mass is 10.0. The third-order valence-electron chi connectivity index (χ3n) is 3.30. The molecular formula is C15H19BrO3. The molecule has 0 N–H and O–H groups in total. The standard InChI is InChI=1S/C15H19BrO3/c1-3-19-15(17)13(16)12-6-4-5-11(14(12)18-2)9-10-7-8-10/h4-6,10,13H,3,7-9H2,1-2H3. The van der Waals surface area contributed by atoms with Crippen LogP contribution in [0.2, 0.25) is 0 Å². The van der Waals surface area contributed by atoms with Crippen molar-refractivity contribution in [3.63, 3.8) is 0 Å². The molecule has 0 saturated heterocycles. The Morgan fingerprint density at radius 2 is 2.21 bits per heavy atom. The van der Waals surface area contributed by atoms with Crippen LogP contribution in [0.25, 0.3) is 0 Å². The number of methoxy groups -OCH3 is 1. The van der Waals surface area contributed by atoms with Gasteiger partial charge in [-0.15, -0.1) is 0 Å². The van der Waals surface area contributed by atoms with E-state index < -0.39 is 4.83 Å². The van der Waals surface area contributed by atoms with E-state index in [2.05, 4.69) is 22.0 Å². The second-order valence-corrected chi connectivity index (χ2v) is 5.72. The Bertz CT molecular complexity index is 455. The van der Waals surface area contributed by atoms with Crippen molar-refractivity contribution in [2.45, 2.75) is 31.0 Å². The fraction of sp³-hybridized carbons (Fsp3) is 0.533. The minimum Gasteiger partial charge on any atom is -0.496 e. The predicted molar refractivity (Wildman–Crippen MR) is 77.7 cm³/mol. The van der Waals surface area contributed by atoms with Crippen LogP contribution in [-0.4, -0.2) is 19.7 Å². The van der Waals surface area contributed by atoms with Gasteiger partial charge >= 0.3 is 5.97 Å². The molecule has 3 nitrogen and oxygen atoms in total. The van der Waals surface area contributed by atoms with Crippen LogP contribution >= 0.6 is 15.9 Å². The van der Waals surface area contributed by atoms with E-state index in [4.69, 9.17) is 9.47 Å². The Morgan fingerprint density at radius 1 is 1.47 bits per heavy atom. The first-order chi connectivity index (χ1) is 9.17. The van der Waals surface area contributed by atoms with E-state index >= 15 is 0 Å². The number of hydrogen-bond acceptors (Lipinski definition) is 3. The van der Waals surface area contributed by atoms with Crippen molar-refractivity contribution in [1.82, 2.24) is 0 Å². The van der Waals surface area contributed by atoms with Gasteiger partial charge in [0.05, 0.1) is 13.7 Å². The molecule has 1 aromatic carbocycles. The molecule has 0 aromatic heterocycles. The van der Waals surface area contributed by atoms with Crippen LogP contribution in [0.1, 0.15) is 35.7 Å². The quantitative estimate of drug-likeness (QED) is 0.591. The van der Waals surface area contributed by atoms with Crippen molar-refractivity contribution in [2.75, 3.05) is 13.7 Å². The average molecular weight is 327 g/mol. The van der Waals surface area contributed by atoms with Crippen molar-refractivity contribution < 1.29 is 14.3 Å². The smallest absolute Gasteiger partial charge is 0.324 e. The number of carbonyl (C=O) groups is 1. The lowest BCUT2D eigenvalue weighted by molar-refractivity contribution is -0.142. The van der Waals surface area contributed by atoms with E-state index in [0.717, 1.165) is 23.7 Å². The second kappa shape index (κ2) is 6.42. The molecule has 104 valence electrons. The fourth-order valence-electron chi connectivity index (χ4n) is 2.19. The molecular weight excluding hydrogens is 308 g/mol. The number of hydrogen-bond donors (Lipinski definition) is 0. The van der Waals surface area contributed by atoms with E-state index in [9.17, 15) is 4.79 Å². The Labute approximate surface area is 122 Å². The molecule has 1 aliphatic rings. The first kappa shape index (κ1) is 14.4. The first-order valence-electron chi connectivity index (χ1n) is 6.63. The summed E-state index contributed by atoms with van der Waals surface area (Å²) in [5, 5.41) is 0. The SMILES string of the molecule is CCOC(=O)C(Br)c1cccc(CC2CC2)c1OC. The summed E-state index contributed by atoms with van der Waals surface area (Å²) in [5.41, 5.74) is 2.02. The summed E-state index contributed by atoms with van der Waals surface area (Å²) in [6.45, 7) is 2.18. The number of carbonyl (C=O) groups excluding carboxylic acids is 1. The monoisotopic (exact) mass is 326 g/mol. The van der Waals surface area contributed by atoms with Crippen LogP contribution in [0.4, 0.5) is 0 Å². The van der Waals surface area contributed by atoms with Gasteiger partial charge in [0.25, 0.3) is 0 Å². The zero-order chi connectivity index (χ0) is 13.8. The lowest BCUT2D eigenvalue weighted by Gasteiger charge is -2.16. The lowest BCUT2D eigenvalue weighted by Crippen LogP contribution is -2.12. The number of esters is 1. The molecule has 0 radical (unpaired) electrons. The van der Waals surface area contributed by atoms with Gasteiger partial charge in [0.2, 0.25) is 0 Å². The number of alkyl halides is 1. The maximum Gasteiger partial charge on any atom is 0.324 e. The van der Waals surface area contributed by atoms with Crippen LogP contribution in [0.3, 0.4) is 0 Å². The van der Waals surface area contributed by atoms with Gasteiger partial charge in [0.15, 0.2) is 0 Å². The molecule has 4 heteroatoms. The van der Waals surface area contributed by atoms with E-state index in [0.29, 0.717) is 6.61 Å². The molecule has 0 amide bonds. The summed E-state index contributed by atoms with van der Waals surface area (Å²) >= 11 is 3.41. The largest absolute Gasteiger partial charge is 0.496 e. The van der Waals surface area contributed by atoms with Crippen molar-refractivity contribution >= 4 is 21.9 Å². The molecule has 1 aromatic rings. The van der Waals surface area contributed by atoms with Gasteiger partial charge in [0.1, 0.15) is 10.6 Å². The molecule has 1 atom stereocenters. The van der Waals surface area contributed by atoms with Crippen molar-refractivity contribution in [3.8, 4) is 5.75 Å². The highest BCUT2D eigenvalue weighted by atomic mass is 79.9. The predicted octanol–water partition coefficient (Wildman–Crippen LogP) is 3.65. The van der Waals surface area contributed by atoms with Gasteiger partial charge in [-0.3, -0.25) is 4.79 Å². The first-order valence-corrected chi connectivity index (χ1v) is 7.55. The number of ether oxygens (including phenoxy) is 2. The van der Waals surface area contributed by atoms with E-state index in [-0.39, 0.29) is 5.97 Å². The van der Waals surface area contributed by atoms with Crippen LogP contribution in [0, 0.1) is 5.92 Å². The second-order valence-electron chi connectivity index (χ2n) is 4.80. The van der Waals surface area contributed by atoms with Gasteiger partial charge in [-0.05, 0) is 37.7 Å². The van der Waals surface area contributed by atoms with Crippen molar-refractivity contribution in [2.24, 2.45) is 5.92 Å². The molecule has 1 aliphatic carbocycles. The molecule has 1 saturated carbocycles. The summed E-state index contributed by atoms with van der Waals surface area (Å²) in [6.07, 6.45) is 3.62. The molecule has 19 heavy (non-hydrogen) atoms. The molecule has 0 heterocycles. The number of halogens is 1. The molecule has 0 spiro atoms. The van der Waals surface area contributed by atoms with Gasteiger partial charge in [-0.1, -0.05) is 34.1 Å². The summed E-state index contributed by atoms with van der Waals surface area (Å²) in [6, 6.07) is 5.96. The highest BCUT2D eigenvalue weighted by Crippen LogP contribution is 2.39. The Kier molecular flexibility index (Phi) is 4.86. The third kappa shape index (κ3) is 3.50. The van der Waals surface area contributed by atoms with Gasteiger partial charge < -0.3 is 9.47 Å². The van der Waals surface area contributed by atoms with Crippen LogP contribution in [0.15, 0.2) is 18.2 Å². The molecule has 1 fully saturated rings. The van der Waals surface area contributed by atoms with E-state index in [1.807, 2.05) is 12.1 Å². The van der Waals surface area contributed by atoms with Crippen LogP contribution < -0.4 is 4.74 Å². The van der Waals surface area contributed by atoms with Crippen molar-refractivity contribution in [3.05, 3.63) is 29.3 Å². The Morgan fingerprint density at radius 3 is 2.79 bits per heavy atom. The Hall–Kier alpha value is -1.03. The highest BCUT2D eigenvalue weighted by molar-refractivity contribution is 9.09. The zero-order valence-electron chi connectivity index (χ0n) is 11.3. The highest BCUT2D eigenvalue weighted by Gasteiger charge is 2.27. The average Bonchev–Trinajstić information content (AvgIpc) is 3.22. The number of benzene rings is 1. The topological polar surface area (TPSA) is 35.5 Å². The molecule has 2 rings (SSSR count). The zero-order valence-corrected chi connectivity index (χ0v) is 12.9. The van der Waals surface area contributed by atoms with Crippen LogP contribution in [-0.2, 0) is 16.0 Å². The maximum atomic E-state index is 11.8. The fourth-order valence-corrected chi connectivity index (χ4v) is 2.68. The normalized spacial score (nSPS) is 15.9. The Balaban J connectivity index is 2.25. The maximum absolute atomic E-state index is 11.8. The summed E-state index contributed by atoms with van der Waals surface area (Å²) in [4.78, 5) is 11.4. The minimum absolute atomic E-state index is 0.274. The van der Waals surface area contributed by atoms with E-state index in [1.54, 1.807) is 14.0 Å². The molecule has 0 bridgehead atoms. The number of para-hydroxylation sites is 1. The van der Waals surface area contributed by atoms with E-state index in [1.165, 1.54) is 18.4 Å². The minimum atomic E-state index is -0.471. The number of rotatable bonds is 6.